The van der Waals surface area contributed by atoms with Crippen molar-refractivity contribution in [2.75, 3.05) is 6.61 Å². The predicted molar refractivity (Wildman–Crippen MR) is 36.4 cm³/mol. The smallest absolute Gasteiger partial charge is 0.321 e. The summed E-state index contributed by atoms with van der Waals surface area (Å²) in [5.41, 5.74) is 0. The van der Waals surface area contributed by atoms with Gasteiger partial charge < -0.3 is 19.4 Å². The minimum atomic E-state index is -3.55. The van der Waals surface area contributed by atoms with Crippen LogP contribution in [0.4, 0.5) is 0 Å². The molecular weight excluding hydrogens is 163 g/mol. The number of hydrogen-bond acceptors (Lipinski definition) is 3. The van der Waals surface area contributed by atoms with Crippen molar-refractivity contribution in [3.63, 3.8) is 0 Å². The molecule has 9 heavy (non-hydrogen) atoms. The number of hydrogen-bond donors (Lipinski definition) is 3. The highest BCUT2D eigenvalue weighted by molar-refractivity contribution is 8.06. The molecule has 4 nitrogen and oxygen atoms in total. The van der Waals surface area contributed by atoms with Gasteiger partial charge in [0.2, 0.25) is 0 Å². The van der Waals surface area contributed by atoms with Crippen LogP contribution in [-0.4, -0.2) is 27.6 Å². The number of aliphatic hydroxyl groups is 1. The molecule has 0 heterocycles. The molecule has 56 valence electrons. The van der Waals surface area contributed by atoms with Crippen molar-refractivity contribution in [3.8, 4) is 0 Å². The van der Waals surface area contributed by atoms with Crippen molar-refractivity contribution in [3.05, 3.63) is 0 Å². The van der Waals surface area contributed by atoms with E-state index < -0.39 is 12.8 Å². The van der Waals surface area contributed by atoms with E-state index in [0.717, 1.165) is 0 Å². The topological polar surface area (TPSA) is 69.9 Å². The van der Waals surface area contributed by atoms with Gasteiger partial charge >= 0.3 is 6.72 Å². The third-order valence-electron chi connectivity index (χ3n) is 0.484. The Bertz CT molecular complexity index is 119. The van der Waals surface area contributed by atoms with E-state index in [4.69, 9.17) is 14.9 Å². The van der Waals surface area contributed by atoms with Crippen LogP contribution in [0.2, 0.25) is 0 Å². The van der Waals surface area contributed by atoms with Crippen molar-refractivity contribution in [1.82, 2.24) is 0 Å². The van der Waals surface area contributed by atoms with Crippen LogP contribution in [0.1, 0.15) is 6.92 Å². The van der Waals surface area contributed by atoms with Gasteiger partial charge in [-0.05, 0) is 18.7 Å². The molecule has 0 aliphatic carbocycles. The van der Waals surface area contributed by atoms with Gasteiger partial charge in [0.1, 0.15) is 0 Å². The normalized spacial score (nSPS) is 15.6. The van der Waals surface area contributed by atoms with Crippen LogP contribution in [-0.2, 0) is 16.3 Å². The van der Waals surface area contributed by atoms with Gasteiger partial charge in [0.15, 0.2) is 0 Å². The minimum Gasteiger partial charge on any atom is -0.391 e. The molecule has 0 aliphatic rings. The average molecular weight is 172 g/mol. The summed E-state index contributed by atoms with van der Waals surface area (Å²) >= 11 is 4.09. The molecule has 1 atom stereocenters. The van der Waals surface area contributed by atoms with Crippen LogP contribution >= 0.6 is 6.72 Å². The Morgan fingerprint density at radius 1 is 1.67 bits per heavy atom. The molecule has 0 aromatic carbocycles. The molecule has 0 aliphatic heterocycles. The molecule has 0 saturated carbocycles. The van der Waals surface area contributed by atoms with Gasteiger partial charge in [-0.15, -0.1) is 0 Å². The quantitative estimate of drug-likeness (QED) is 0.505. The molecule has 0 spiro atoms. The van der Waals surface area contributed by atoms with E-state index in [-0.39, 0.29) is 6.61 Å². The van der Waals surface area contributed by atoms with Gasteiger partial charge in [-0.2, -0.15) is 0 Å². The molecule has 0 radical (unpaired) electrons. The molecule has 0 aromatic rings. The zero-order valence-electron chi connectivity index (χ0n) is 4.89. The van der Waals surface area contributed by atoms with Crippen molar-refractivity contribution >= 4 is 18.5 Å². The fourth-order valence-corrected chi connectivity index (χ4v) is 0.797. The lowest BCUT2D eigenvalue weighted by Crippen LogP contribution is -2.08. The first-order valence-corrected chi connectivity index (χ1v) is 4.92. The van der Waals surface area contributed by atoms with E-state index in [1.165, 1.54) is 6.92 Å². The first-order valence-electron chi connectivity index (χ1n) is 2.30. The van der Waals surface area contributed by atoms with Gasteiger partial charge in [0, 0.05) is 0 Å². The van der Waals surface area contributed by atoms with Crippen LogP contribution in [0.5, 0.6) is 0 Å². The summed E-state index contributed by atoms with van der Waals surface area (Å²) in [6.45, 7) is -2.22. The van der Waals surface area contributed by atoms with Gasteiger partial charge in [-0.1, -0.05) is 0 Å². The lowest BCUT2D eigenvalue weighted by atomic mass is 10.5. The standard InChI is InChI=1S/C3H9O4PS/c1-3(4)2-7-8(5,6)9/h3-4H,2H2,1H3,(H2,5,6,9). The van der Waals surface area contributed by atoms with E-state index in [1.807, 2.05) is 0 Å². The van der Waals surface area contributed by atoms with E-state index in [9.17, 15) is 0 Å². The first kappa shape index (κ1) is 9.49. The molecule has 6 heteroatoms. The second-order valence-electron chi connectivity index (χ2n) is 1.64. The number of aliphatic hydroxyl groups excluding tert-OH is 1. The fourth-order valence-electron chi connectivity index (χ4n) is 0.205. The Hall–Kier alpha value is 0.490. The van der Waals surface area contributed by atoms with Crippen molar-refractivity contribution in [2.24, 2.45) is 0 Å². The zero-order chi connectivity index (χ0) is 7.49. The highest BCUT2D eigenvalue weighted by atomic mass is 32.5. The van der Waals surface area contributed by atoms with Gasteiger partial charge in [-0.3, -0.25) is 0 Å². The Labute approximate surface area is 58.3 Å². The van der Waals surface area contributed by atoms with Gasteiger partial charge in [0.25, 0.3) is 0 Å². The summed E-state index contributed by atoms with van der Waals surface area (Å²) in [5.74, 6) is 0. The third kappa shape index (κ3) is 8.49. The van der Waals surface area contributed by atoms with Crippen molar-refractivity contribution < 1.29 is 19.4 Å². The maximum Gasteiger partial charge on any atom is 0.321 e. The van der Waals surface area contributed by atoms with Crippen LogP contribution in [0.15, 0.2) is 0 Å². The molecule has 1 unspecified atom stereocenters. The monoisotopic (exact) mass is 172 g/mol. The second-order valence-corrected chi connectivity index (χ2v) is 4.30. The van der Waals surface area contributed by atoms with Gasteiger partial charge in [0.05, 0.1) is 12.7 Å². The Morgan fingerprint density at radius 3 is 2.22 bits per heavy atom. The van der Waals surface area contributed by atoms with Gasteiger partial charge in [-0.25, -0.2) is 0 Å². The Balaban J connectivity index is 3.40. The maximum absolute atomic E-state index is 8.54. The van der Waals surface area contributed by atoms with Crippen molar-refractivity contribution in [2.45, 2.75) is 13.0 Å². The highest BCUT2D eigenvalue weighted by Crippen LogP contribution is 2.36. The molecular formula is C3H9O4PS. The predicted octanol–water partition coefficient (Wildman–Crippen LogP) is -0.407. The van der Waals surface area contributed by atoms with Crippen LogP contribution in [0.25, 0.3) is 0 Å². The molecule has 0 saturated heterocycles. The van der Waals surface area contributed by atoms with Crippen molar-refractivity contribution in [1.29, 1.82) is 0 Å². The highest BCUT2D eigenvalue weighted by Gasteiger charge is 2.08. The van der Waals surface area contributed by atoms with Crippen LogP contribution in [0.3, 0.4) is 0 Å². The Morgan fingerprint density at radius 2 is 2.11 bits per heavy atom. The molecule has 0 amide bonds. The lowest BCUT2D eigenvalue weighted by molar-refractivity contribution is 0.112. The zero-order valence-corrected chi connectivity index (χ0v) is 6.60. The lowest BCUT2D eigenvalue weighted by Gasteiger charge is -2.08. The fraction of sp³-hybridized carbons (Fsp3) is 1.00. The SMILES string of the molecule is CC(O)COP(O)(O)=S. The molecule has 0 fully saturated rings. The van der Waals surface area contributed by atoms with E-state index >= 15 is 0 Å². The summed E-state index contributed by atoms with van der Waals surface area (Å²) in [4.78, 5) is 16.8. The summed E-state index contributed by atoms with van der Waals surface area (Å²) < 4.78 is 4.28. The average Bonchev–Trinajstić information content (AvgIpc) is 1.59. The molecule has 0 bridgehead atoms. The summed E-state index contributed by atoms with van der Waals surface area (Å²) in [7, 11) is 0. The molecule has 0 rings (SSSR count). The number of rotatable bonds is 3. The minimum absolute atomic E-state index is 0.135. The largest absolute Gasteiger partial charge is 0.391 e. The van der Waals surface area contributed by atoms with E-state index in [1.54, 1.807) is 0 Å². The second kappa shape index (κ2) is 3.61. The van der Waals surface area contributed by atoms with E-state index in [0.29, 0.717) is 0 Å². The molecule has 3 N–H and O–H groups in total. The summed E-state index contributed by atoms with van der Waals surface area (Å²) in [5, 5.41) is 8.54. The maximum atomic E-state index is 8.54. The summed E-state index contributed by atoms with van der Waals surface area (Å²) in [6.07, 6.45) is -0.716. The molecule has 0 aromatic heterocycles. The summed E-state index contributed by atoms with van der Waals surface area (Å²) in [6, 6.07) is 0. The third-order valence-corrected chi connectivity index (χ3v) is 1.29. The van der Waals surface area contributed by atoms with Crippen LogP contribution in [0, 0.1) is 0 Å². The Kier molecular flexibility index (Phi) is 3.80. The van der Waals surface area contributed by atoms with E-state index in [2.05, 4.69) is 16.3 Å². The first-order chi connectivity index (χ1) is 3.92. The van der Waals surface area contributed by atoms with Crippen LogP contribution < -0.4 is 0 Å².